The van der Waals surface area contributed by atoms with Crippen LogP contribution in [0.1, 0.15) is 29.3 Å². The van der Waals surface area contributed by atoms with Crippen LogP contribution in [-0.4, -0.2) is 44.7 Å². The van der Waals surface area contributed by atoms with Crippen LogP contribution in [0.3, 0.4) is 0 Å². The van der Waals surface area contributed by atoms with Gasteiger partial charge >= 0.3 is 0 Å². The zero-order chi connectivity index (χ0) is 16.0. The molecule has 2 aromatic rings. The van der Waals surface area contributed by atoms with E-state index in [2.05, 4.69) is 15.1 Å². The molecule has 1 aromatic carbocycles. The van der Waals surface area contributed by atoms with Crippen LogP contribution in [0.4, 0.5) is 8.78 Å². The number of aromatic amines is 1. The summed E-state index contributed by atoms with van der Waals surface area (Å²) in [6.07, 6.45) is 1.91. The van der Waals surface area contributed by atoms with E-state index in [9.17, 15) is 8.78 Å². The first-order valence-electron chi connectivity index (χ1n) is 7.69. The van der Waals surface area contributed by atoms with Crippen molar-refractivity contribution in [1.82, 2.24) is 15.1 Å². The van der Waals surface area contributed by atoms with Crippen molar-refractivity contribution in [2.45, 2.75) is 37.7 Å². The van der Waals surface area contributed by atoms with E-state index in [4.69, 9.17) is 10.5 Å². The zero-order valence-electron chi connectivity index (χ0n) is 14.3. The lowest BCUT2D eigenvalue weighted by molar-refractivity contribution is -0.0533. The topological polar surface area (TPSA) is 130 Å². The number of halogens is 4. The van der Waals surface area contributed by atoms with Crippen LogP contribution in [0.2, 0.25) is 0 Å². The minimum atomic E-state index is -0.607. The molecular weight excluding hydrogens is 405 g/mol. The Hall–Kier alpha value is -1.33. The summed E-state index contributed by atoms with van der Waals surface area (Å²) >= 11 is 0. The van der Waals surface area contributed by atoms with Crippen molar-refractivity contribution >= 4 is 24.8 Å². The molecule has 1 aromatic heterocycles. The van der Waals surface area contributed by atoms with Crippen LogP contribution < -0.4 is 5.73 Å². The summed E-state index contributed by atoms with van der Waals surface area (Å²) in [6, 6.07) is 3.18. The van der Waals surface area contributed by atoms with Crippen molar-refractivity contribution in [3.63, 3.8) is 0 Å². The van der Waals surface area contributed by atoms with Gasteiger partial charge in [0.2, 0.25) is 0 Å². The van der Waals surface area contributed by atoms with Gasteiger partial charge in [-0.25, -0.2) is 8.78 Å². The number of nitrogens with two attached hydrogens (primary N) is 1. The smallest absolute Gasteiger partial charge is 0.129 e. The predicted octanol–water partition coefficient (Wildman–Crippen LogP) is 1.06. The Morgan fingerprint density at radius 3 is 2.59 bits per heavy atom. The Balaban J connectivity index is 0.00000169. The molecule has 3 atom stereocenters. The first-order chi connectivity index (χ1) is 11.1. The number of H-pyrrole nitrogens is 1. The summed E-state index contributed by atoms with van der Waals surface area (Å²) in [5.41, 5.74) is 8.72. The van der Waals surface area contributed by atoms with E-state index >= 15 is 0 Å². The highest BCUT2D eigenvalue weighted by Crippen LogP contribution is 2.33. The number of rotatable bonds is 2. The molecule has 11 heteroatoms. The fraction of sp³-hybridized carbons (Fsp3) is 0.438. The molecule has 2 aliphatic rings. The van der Waals surface area contributed by atoms with Crippen molar-refractivity contribution in [3.05, 3.63) is 52.9 Å². The normalized spacial score (nSPS) is 23.9. The van der Waals surface area contributed by atoms with Crippen molar-refractivity contribution in [2.75, 3.05) is 6.61 Å². The minimum absolute atomic E-state index is 0. The Morgan fingerprint density at radius 1 is 1.19 bits per heavy atom. The van der Waals surface area contributed by atoms with E-state index in [1.807, 2.05) is 6.20 Å². The van der Waals surface area contributed by atoms with Crippen molar-refractivity contribution < 1.29 is 24.5 Å². The summed E-state index contributed by atoms with van der Waals surface area (Å²) < 4.78 is 33.1. The third-order valence-corrected chi connectivity index (χ3v) is 4.72. The van der Waals surface area contributed by atoms with E-state index in [1.165, 1.54) is 11.6 Å². The molecule has 0 bridgehead atoms. The molecule has 2 aliphatic heterocycles. The van der Waals surface area contributed by atoms with Gasteiger partial charge in [0.05, 0.1) is 18.5 Å². The average molecular weight is 429 g/mol. The maximum atomic E-state index is 13.9. The second kappa shape index (κ2) is 10.3. The highest BCUT2D eigenvalue weighted by atomic mass is 35.5. The second-order valence-electron chi connectivity index (χ2n) is 6.25. The average Bonchev–Trinajstić information content (AvgIpc) is 3.11. The lowest BCUT2D eigenvalue weighted by Gasteiger charge is -2.38. The molecule has 27 heavy (non-hydrogen) atoms. The Kier molecular flexibility index (Phi) is 9.77. The molecule has 7 N–H and O–H groups in total. The molecule has 0 amide bonds. The van der Waals surface area contributed by atoms with Crippen LogP contribution in [0.25, 0.3) is 0 Å². The van der Waals surface area contributed by atoms with Crippen molar-refractivity contribution in [3.8, 4) is 0 Å². The molecule has 3 heterocycles. The number of nitrogens with zero attached hydrogens (tertiary/aromatic N) is 2. The summed E-state index contributed by atoms with van der Waals surface area (Å²) in [6.45, 7) is 2.05. The van der Waals surface area contributed by atoms with Crippen molar-refractivity contribution in [2.24, 2.45) is 5.73 Å². The molecule has 0 spiro atoms. The number of ether oxygens (including phenoxy) is 1. The molecule has 7 nitrogen and oxygen atoms in total. The SMILES string of the molecule is Cl.Cl.N[C@H]1C[C@@H](N2Cc3cn[nH]c3C2)CO[C@@H]1c1cc(F)ccc1F.O.O. The molecule has 0 unspecified atom stereocenters. The van der Waals surface area contributed by atoms with Gasteiger partial charge in [0.1, 0.15) is 17.7 Å². The standard InChI is InChI=1S/C16H18F2N4O.2ClH.2H2O/c17-10-1-2-13(18)12(3-10)16-14(19)4-11(8-23-16)22-6-9-5-20-21-15(9)7-22;;;;/h1-3,5,11,14,16H,4,6-8,19H2,(H,20,21);2*1H;2*1H2/t11-,14+,16-;;;;/m1..../s1. The second-order valence-corrected chi connectivity index (χ2v) is 6.25. The molecule has 0 aliphatic carbocycles. The van der Waals surface area contributed by atoms with Gasteiger partial charge in [-0.05, 0) is 24.6 Å². The number of nitrogens with one attached hydrogen (secondary N) is 1. The Bertz CT molecular complexity index is 717. The van der Waals surface area contributed by atoms with Gasteiger partial charge in [0, 0.05) is 36.3 Å². The van der Waals surface area contributed by atoms with Gasteiger partial charge in [0.25, 0.3) is 0 Å². The molecule has 154 valence electrons. The molecule has 0 saturated carbocycles. The van der Waals surface area contributed by atoms with Gasteiger partial charge in [-0.15, -0.1) is 24.8 Å². The van der Waals surface area contributed by atoms with Crippen LogP contribution in [0.5, 0.6) is 0 Å². The molecule has 1 fully saturated rings. The van der Waals surface area contributed by atoms with Gasteiger partial charge in [-0.1, -0.05) is 0 Å². The number of hydrogen-bond donors (Lipinski definition) is 2. The van der Waals surface area contributed by atoms with Gasteiger partial charge in [0.15, 0.2) is 0 Å². The molecule has 0 radical (unpaired) electrons. The van der Waals surface area contributed by atoms with Crippen molar-refractivity contribution in [1.29, 1.82) is 0 Å². The summed E-state index contributed by atoms with van der Waals surface area (Å²) in [4.78, 5) is 2.28. The van der Waals surface area contributed by atoms with Gasteiger partial charge in [-0.3, -0.25) is 10.00 Å². The van der Waals surface area contributed by atoms with Gasteiger partial charge in [-0.2, -0.15) is 5.10 Å². The third-order valence-electron chi connectivity index (χ3n) is 4.72. The Morgan fingerprint density at radius 2 is 1.93 bits per heavy atom. The highest BCUT2D eigenvalue weighted by Gasteiger charge is 2.36. The maximum absolute atomic E-state index is 13.9. The third kappa shape index (κ3) is 4.94. The number of aromatic nitrogens is 2. The van der Waals surface area contributed by atoms with Crippen LogP contribution >= 0.6 is 24.8 Å². The summed E-state index contributed by atoms with van der Waals surface area (Å²) in [5, 5.41) is 7.01. The largest absolute Gasteiger partial charge is 0.412 e. The molecular formula is C16H24Cl2F2N4O3. The predicted molar refractivity (Wildman–Crippen MR) is 101 cm³/mol. The summed E-state index contributed by atoms with van der Waals surface area (Å²) in [5.74, 6) is -0.961. The number of hydrogen-bond acceptors (Lipinski definition) is 4. The lowest BCUT2D eigenvalue weighted by Crippen LogP contribution is -2.47. The van der Waals surface area contributed by atoms with Crippen LogP contribution in [0, 0.1) is 11.6 Å². The molecule has 1 saturated heterocycles. The summed E-state index contributed by atoms with van der Waals surface area (Å²) in [7, 11) is 0. The van der Waals surface area contributed by atoms with E-state index in [-0.39, 0.29) is 53.4 Å². The quantitative estimate of drug-likeness (QED) is 0.739. The van der Waals surface area contributed by atoms with Gasteiger partial charge < -0.3 is 21.4 Å². The fourth-order valence-corrected chi connectivity index (χ4v) is 3.50. The number of benzene rings is 1. The zero-order valence-corrected chi connectivity index (χ0v) is 16.0. The minimum Gasteiger partial charge on any atom is -0.412 e. The highest BCUT2D eigenvalue weighted by molar-refractivity contribution is 5.85. The first-order valence-corrected chi connectivity index (χ1v) is 7.69. The monoisotopic (exact) mass is 428 g/mol. The van der Waals surface area contributed by atoms with E-state index < -0.39 is 17.7 Å². The maximum Gasteiger partial charge on any atom is 0.129 e. The van der Waals surface area contributed by atoms with Crippen LogP contribution in [0.15, 0.2) is 24.4 Å². The fourth-order valence-electron chi connectivity index (χ4n) is 3.50. The number of fused-ring (bicyclic) bond motifs is 1. The van der Waals surface area contributed by atoms with E-state index in [1.54, 1.807) is 0 Å². The van der Waals surface area contributed by atoms with Crippen LogP contribution in [-0.2, 0) is 17.8 Å². The first kappa shape index (κ1) is 25.7. The van der Waals surface area contributed by atoms with E-state index in [0.29, 0.717) is 13.0 Å². The Labute approximate surface area is 167 Å². The van der Waals surface area contributed by atoms with E-state index in [0.717, 1.165) is 30.9 Å². The molecule has 4 rings (SSSR count). The lowest BCUT2D eigenvalue weighted by atomic mass is 9.93.